The molecule has 0 aromatic heterocycles. The zero-order valence-corrected chi connectivity index (χ0v) is 19.2. The van der Waals surface area contributed by atoms with Crippen LogP contribution in [0.4, 0.5) is 13.2 Å². The predicted octanol–water partition coefficient (Wildman–Crippen LogP) is 3.17. The zero-order chi connectivity index (χ0) is 25.4. The molecule has 0 aromatic carbocycles. The lowest BCUT2D eigenvalue weighted by atomic mass is 9.62. The van der Waals surface area contributed by atoms with Gasteiger partial charge in [0.2, 0.25) is 0 Å². The topological polar surface area (TPSA) is 118 Å². The van der Waals surface area contributed by atoms with Crippen LogP contribution in [0.2, 0.25) is 0 Å². The molecule has 1 heterocycles. The molecule has 180 valence electrons. The fourth-order valence-corrected chi connectivity index (χ4v) is 4.76. The Morgan fingerprint density at radius 2 is 2.06 bits per heavy atom. The van der Waals surface area contributed by atoms with Crippen LogP contribution < -0.4 is 11.1 Å². The van der Waals surface area contributed by atoms with E-state index in [0.29, 0.717) is 29.6 Å². The number of hydrogen-bond donors (Lipinski definition) is 2. The van der Waals surface area contributed by atoms with Crippen molar-refractivity contribution in [2.45, 2.75) is 51.4 Å². The van der Waals surface area contributed by atoms with Gasteiger partial charge in [0.15, 0.2) is 6.10 Å². The number of halogens is 3. The van der Waals surface area contributed by atoms with Crippen LogP contribution in [-0.4, -0.2) is 42.5 Å². The number of allylic oxidation sites excluding steroid dienone is 5. The number of carbonyl (C=O) groups is 2. The van der Waals surface area contributed by atoms with Gasteiger partial charge in [0.25, 0.3) is 5.91 Å². The quantitative estimate of drug-likeness (QED) is 0.370. The Morgan fingerprint density at radius 3 is 2.59 bits per heavy atom. The number of nitriles is 1. The number of amides is 1. The summed E-state index contributed by atoms with van der Waals surface area (Å²) in [5.74, 6) is -3.41. The van der Waals surface area contributed by atoms with Gasteiger partial charge in [-0.3, -0.25) is 9.79 Å². The zero-order valence-electron chi connectivity index (χ0n) is 19.2. The van der Waals surface area contributed by atoms with Gasteiger partial charge in [-0.2, -0.15) is 18.4 Å². The van der Waals surface area contributed by atoms with E-state index in [1.54, 1.807) is 26.0 Å². The van der Waals surface area contributed by atoms with E-state index in [1.807, 2.05) is 13.0 Å². The number of ether oxygens (including phenoxy) is 1. The smallest absolute Gasteiger partial charge is 0.447 e. The van der Waals surface area contributed by atoms with E-state index < -0.39 is 35.6 Å². The Morgan fingerprint density at radius 1 is 1.41 bits per heavy atom. The molecule has 2 fully saturated rings. The molecule has 34 heavy (non-hydrogen) atoms. The number of nitrogens with two attached hydrogens (primary N) is 1. The van der Waals surface area contributed by atoms with Gasteiger partial charge in [-0.05, 0) is 49.0 Å². The summed E-state index contributed by atoms with van der Waals surface area (Å²) < 4.78 is 44.0. The number of hydrogen-bond acceptors (Lipinski definition) is 6. The van der Waals surface area contributed by atoms with Crippen molar-refractivity contribution < 1.29 is 27.5 Å². The molecule has 3 N–H and O–H groups in total. The van der Waals surface area contributed by atoms with E-state index in [9.17, 15) is 22.8 Å². The fraction of sp³-hybridized carbons (Fsp3) is 0.458. The van der Waals surface area contributed by atoms with E-state index in [4.69, 9.17) is 15.7 Å². The average molecular weight is 474 g/mol. The van der Waals surface area contributed by atoms with E-state index >= 15 is 0 Å². The number of aliphatic imine (C=N–C) groups is 1. The van der Waals surface area contributed by atoms with E-state index in [1.165, 1.54) is 13.1 Å². The molecule has 1 spiro atoms. The Bertz CT molecular complexity index is 1150. The Kier molecular flexibility index (Phi) is 6.63. The number of carbonyl (C=O) groups excluding carboxylic acids is 2. The fourth-order valence-electron chi connectivity index (χ4n) is 4.76. The summed E-state index contributed by atoms with van der Waals surface area (Å²) in [7, 11) is 1.32. The molecule has 0 aromatic rings. The maximum Gasteiger partial charge on any atom is 0.490 e. The molecule has 3 rings (SSSR count). The van der Waals surface area contributed by atoms with Gasteiger partial charge in [-0.1, -0.05) is 19.9 Å². The molecule has 2 unspecified atom stereocenters. The number of nitrogens with zero attached hydrogens (tertiary/aromatic N) is 2. The lowest BCUT2D eigenvalue weighted by molar-refractivity contribution is -0.207. The van der Waals surface area contributed by atoms with Crippen LogP contribution in [0, 0.1) is 23.2 Å². The minimum Gasteiger partial charge on any atom is -0.447 e. The van der Waals surface area contributed by atoms with E-state index in [2.05, 4.69) is 16.0 Å². The summed E-state index contributed by atoms with van der Waals surface area (Å²) in [6, 6.07) is 2.02. The standard InChI is InChI=1S/C24H25F3N4O3/c1-12-9-23(10-12)20(34-22(33)24(25,26)27)19(30-4)17(21(32)31-23)18(29)14(3)16-8-7-15(11-28)6-5-13(16)2/h6-8,12,14,20H,9-10,29H2,1-4H3,(H,31,32)/b18-17-,30-19?. The summed E-state index contributed by atoms with van der Waals surface area (Å²) >= 11 is 0. The van der Waals surface area contributed by atoms with Crippen LogP contribution in [-0.2, 0) is 14.3 Å². The van der Waals surface area contributed by atoms with Crippen LogP contribution in [0.3, 0.4) is 0 Å². The molecular formula is C24H25F3N4O3. The first-order chi connectivity index (χ1) is 15.8. The summed E-state index contributed by atoms with van der Waals surface area (Å²) in [6.45, 7) is 5.37. The monoisotopic (exact) mass is 474 g/mol. The van der Waals surface area contributed by atoms with Crippen LogP contribution in [0.1, 0.15) is 33.6 Å². The molecule has 2 aliphatic carbocycles. The number of nitrogens with one attached hydrogen (secondary N) is 1. The van der Waals surface area contributed by atoms with Gasteiger partial charge in [0.05, 0.1) is 28.5 Å². The minimum atomic E-state index is -5.20. The number of alkyl halides is 3. The van der Waals surface area contributed by atoms with Crippen molar-refractivity contribution >= 4 is 17.6 Å². The SMILES string of the molecule is CN=C1/C(=C(/N)C(C)C2=CC=C(C#N)C=C=C2C)C(=O)NC2(CC(C)C2)C1OC(=O)C(F)(F)F. The third-order valence-corrected chi connectivity index (χ3v) is 6.39. The number of piperidine rings is 1. The Balaban J connectivity index is 2.08. The molecule has 1 aliphatic heterocycles. The van der Waals surface area contributed by atoms with Crippen LogP contribution in [0.15, 0.2) is 56.9 Å². The van der Waals surface area contributed by atoms with Gasteiger partial charge < -0.3 is 15.8 Å². The highest BCUT2D eigenvalue weighted by molar-refractivity contribution is 6.26. The molecule has 10 heteroatoms. The largest absolute Gasteiger partial charge is 0.490 e. The molecule has 3 aliphatic rings. The molecule has 1 saturated heterocycles. The van der Waals surface area contributed by atoms with Crippen molar-refractivity contribution in [2.24, 2.45) is 22.6 Å². The predicted molar refractivity (Wildman–Crippen MR) is 118 cm³/mol. The van der Waals surface area contributed by atoms with Crippen molar-refractivity contribution in [1.29, 1.82) is 5.26 Å². The molecule has 1 saturated carbocycles. The summed E-state index contributed by atoms with van der Waals surface area (Å²) in [5, 5.41) is 11.9. The number of rotatable bonds is 3. The third kappa shape index (κ3) is 4.44. The third-order valence-electron chi connectivity index (χ3n) is 6.39. The second kappa shape index (κ2) is 8.99. The first-order valence-electron chi connectivity index (χ1n) is 10.7. The highest BCUT2D eigenvalue weighted by Gasteiger charge is 2.59. The van der Waals surface area contributed by atoms with Crippen molar-refractivity contribution in [2.75, 3.05) is 7.05 Å². The summed E-state index contributed by atoms with van der Waals surface area (Å²) in [5.41, 5.74) is 9.77. The second-order valence-corrected chi connectivity index (χ2v) is 8.84. The molecule has 0 radical (unpaired) electrons. The molecular weight excluding hydrogens is 449 g/mol. The van der Waals surface area contributed by atoms with Crippen molar-refractivity contribution in [3.8, 4) is 6.07 Å². The van der Waals surface area contributed by atoms with Crippen LogP contribution in [0.5, 0.6) is 0 Å². The average Bonchev–Trinajstić information content (AvgIpc) is 2.93. The van der Waals surface area contributed by atoms with Gasteiger partial charge in [0, 0.05) is 18.7 Å². The van der Waals surface area contributed by atoms with Crippen LogP contribution in [0.25, 0.3) is 0 Å². The minimum absolute atomic E-state index is 0.0505. The first-order valence-corrected chi connectivity index (χ1v) is 10.7. The lowest BCUT2D eigenvalue weighted by Crippen LogP contribution is -2.71. The summed E-state index contributed by atoms with van der Waals surface area (Å²) in [4.78, 5) is 29.0. The highest BCUT2D eigenvalue weighted by Crippen LogP contribution is 2.45. The lowest BCUT2D eigenvalue weighted by Gasteiger charge is -2.53. The van der Waals surface area contributed by atoms with Gasteiger partial charge in [-0.15, -0.1) is 5.73 Å². The van der Waals surface area contributed by atoms with Crippen molar-refractivity contribution in [3.05, 3.63) is 51.9 Å². The summed E-state index contributed by atoms with van der Waals surface area (Å²) in [6.07, 6.45) is -1.19. The van der Waals surface area contributed by atoms with Crippen molar-refractivity contribution in [1.82, 2.24) is 5.32 Å². The van der Waals surface area contributed by atoms with E-state index in [-0.39, 0.29) is 22.9 Å². The maximum atomic E-state index is 13.2. The molecule has 0 bridgehead atoms. The normalized spacial score (nSPS) is 30.2. The Labute approximate surface area is 195 Å². The Hall–Kier alpha value is -3.57. The molecule has 1 amide bonds. The number of esters is 1. The van der Waals surface area contributed by atoms with Gasteiger partial charge >= 0.3 is 12.1 Å². The second-order valence-electron chi connectivity index (χ2n) is 8.84. The van der Waals surface area contributed by atoms with Crippen LogP contribution >= 0.6 is 0 Å². The first kappa shape index (κ1) is 25.1. The van der Waals surface area contributed by atoms with E-state index in [0.717, 1.165) is 0 Å². The maximum absolute atomic E-state index is 13.2. The van der Waals surface area contributed by atoms with Gasteiger partial charge in [0.1, 0.15) is 0 Å². The highest BCUT2D eigenvalue weighted by atomic mass is 19.4. The molecule has 7 nitrogen and oxygen atoms in total. The molecule has 2 atom stereocenters. The van der Waals surface area contributed by atoms with Gasteiger partial charge in [-0.25, -0.2) is 4.79 Å². The van der Waals surface area contributed by atoms with Crippen molar-refractivity contribution in [3.63, 3.8) is 0 Å².